The summed E-state index contributed by atoms with van der Waals surface area (Å²) in [6, 6.07) is 153. The van der Waals surface area contributed by atoms with Gasteiger partial charge in [0.25, 0.3) is 0 Å². The molecule has 21 aromatic rings. The number of hydrogen-bond donors (Lipinski definition) is 0. The Labute approximate surface area is 932 Å². The molecular formula is C135H124Ir4N8O-8. The number of hydrogen-bond acceptors (Lipinski definition) is 9. The summed E-state index contributed by atoms with van der Waals surface area (Å²) in [5.74, 6) is 1.27. The van der Waals surface area contributed by atoms with E-state index in [1.54, 1.807) is 6.20 Å². The van der Waals surface area contributed by atoms with Crippen LogP contribution in [0.15, 0.2) is 430 Å². The van der Waals surface area contributed by atoms with E-state index in [1.165, 1.54) is 83.3 Å². The average molecular weight is 2640 g/mol. The number of pyridine rings is 8. The number of fused-ring (bicyclic) bond motifs is 3. The predicted octanol–water partition coefficient (Wildman–Crippen LogP) is 34.5. The van der Waals surface area contributed by atoms with E-state index in [4.69, 9.17) is 4.42 Å². The summed E-state index contributed by atoms with van der Waals surface area (Å²) in [4.78, 5) is 35.5. The smallest absolute Gasteiger partial charge is 0.124 e. The molecule has 9 aromatic heterocycles. The van der Waals surface area contributed by atoms with Crippen molar-refractivity contribution >= 4 is 21.9 Å². The van der Waals surface area contributed by atoms with Crippen LogP contribution in [0.1, 0.15) is 135 Å². The first-order valence-electron chi connectivity index (χ1n) is 49.2. The van der Waals surface area contributed by atoms with Gasteiger partial charge >= 0.3 is 0 Å². The number of nitrogens with zero attached hydrogens (tertiary/aromatic N) is 8. The van der Waals surface area contributed by atoms with E-state index in [0.717, 1.165) is 119 Å². The van der Waals surface area contributed by atoms with Crippen molar-refractivity contribution in [2.45, 2.75) is 140 Å². The summed E-state index contributed by atoms with van der Waals surface area (Å²) in [5.41, 5.74) is 35.4. The second kappa shape index (κ2) is 57.5. The van der Waals surface area contributed by atoms with Crippen LogP contribution in [0.5, 0.6) is 0 Å². The molecule has 12 aromatic carbocycles. The van der Waals surface area contributed by atoms with Gasteiger partial charge in [-0.2, -0.15) is 0 Å². The molecule has 9 nitrogen and oxygen atoms in total. The predicted molar refractivity (Wildman–Crippen MR) is 599 cm³/mol. The van der Waals surface area contributed by atoms with E-state index in [0.29, 0.717) is 11.8 Å². The number of benzene rings is 12. The van der Waals surface area contributed by atoms with Crippen LogP contribution in [0.2, 0.25) is 0 Å². The summed E-state index contributed by atoms with van der Waals surface area (Å²) in [7, 11) is 0. The molecule has 13 heteroatoms. The zero-order valence-corrected chi connectivity index (χ0v) is 96.4. The van der Waals surface area contributed by atoms with Crippen molar-refractivity contribution in [1.82, 2.24) is 39.9 Å². The van der Waals surface area contributed by atoms with E-state index < -0.39 is 0 Å². The Kier molecular flexibility index (Phi) is 45.2. The van der Waals surface area contributed by atoms with Crippen LogP contribution < -0.4 is 0 Å². The molecule has 148 heavy (non-hydrogen) atoms. The number of furan rings is 1. The molecule has 0 saturated carbocycles. The van der Waals surface area contributed by atoms with Gasteiger partial charge in [-0.25, -0.2) is 0 Å². The van der Waals surface area contributed by atoms with Crippen LogP contribution in [0.25, 0.3) is 145 Å². The number of aromatic nitrogens is 8. The standard InChI is InChI=1S/C21H18NO.2C21H20N.C18H14N.2C15H16N.2C12H10N.4Ir/c1-14(2)13-15-7-5-8-16-17-9-6-10-18(21(17)23-20(15)16)19-11-3-4-12-22-19;2*1-21(2,3)19-12-13-22-20(15-19)18-11-7-10-17(14-18)16-8-5-4-6-9-16;1-14-10-11-18(19-13-14)17-9-5-8-16(12-17)15-6-3-2-4-7-15;1-15(2,3)13-9-10-16-14(11-13)12-7-5-4-6-8-12;1-12(2)10-13-8-9-15(16-11-13)14-6-4-3-5-7-14;2*1-10-7-8-12(13-9-10)11-5-3-2-4-6-11;;;;/h3-9,11-12,14H,13H2,1-2H3;2*4-10,12-15H,1-3H3;2-8,10-13H,1H3;4-7,9-11H,1-3H3;3-6,8-9,11-12H,10H2,1-2H3;2*2-5,7-9H,1H3;;;;/q8*-1;;;;. The summed E-state index contributed by atoms with van der Waals surface area (Å²) in [6.45, 7) is 35.0. The topological polar surface area (TPSA) is 116 Å². The third kappa shape index (κ3) is 34.7. The molecule has 0 bridgehead atoms. The first kappa shape index (κ1) is 116. The zero-order valence-electron chi connectivity index (χ0n) is 86.8. The minimum Gasteiger partial charge on any atom is -0.500 e. The maximum absolute atomic E-state index is 6.30. The Morgan fingerprint density at radius 1 is 0.236 bits per heavy atom. The maximum atomic E-state index is 6.30. The first-order valence-corrected chi connectivity index (χ1v) is 49.2. The van der Waals surface area contributed by atoms with Crippen molar-refractivity contribution in [1.29, 1.82) is 0 Å². The van der Waals surface area contributed by atoms with Gasteiger partial charge in [-0.05, 0) is 193 Å². The van der Waals surface area contributed by atoms with E-state index >= 15 is 0 Å². The van der Waals surface area contributed by atoms with E-state index in [-0.39, 0.29) is 96.7 Å². The summed E-state index contributed by atoms with van der Waals surface area (Å²) >= 11 is 0. The van der Waals surface area contributed by atoms with Gasteiger partial charge in [0.2, 0.25) is 0 Å². The van der Waals surface area contributed by atoms with Crippen molar-refractivity contribution in [3.63, 3.8) is 0 Å². The van der Waals surface area contributed by atoms with E-state index in [9.17, 15) is 0 Å². The molecule has 0 saturated heterocycles. The minimum absolute atomic E-state index is 0. The van der Waals surface area contributed by atoms with Crippen LogP contribution in [0.3, 0.4) is 0 Å². The Hall–Kier alpha value is -13.8. The molecule has 21 rings (SSSR count). The van der Waals surface area contributed by atoms with Crippen molar-refractivity contribution in [2.24, 2.45) is 11.8 Å². The van der Waals surface area contributed by atoms with Crippen LogP contribution in [-0.4, -0.2) is 39.9 Å². The number of para-hydroxylation sites is 1. The van der Waals surface area contributed by atoms with E-state index in [1.807, 2.05) is 240 Å². The van der Waals surface area contributed by atoms with Gasteiger partial charge in [-0.15, -0.1) is 268 Å². The third-order valence-corrected chi connectivity index (χ3v) is 23.7. The van der Waals surface area contributed by atoms with Crippen LogP contribution >= 0.6 is 0 Å². The Bertz CT molecular complexity index is 7300. The third-order valence-electron chi connectivity index (χ3n) is 23.7. The fourth-order valence-corrected chi connectivity index (χ4v) is 15.8. The van der Waals surface area contributed by atoms with Crippen LogP contribution in [-0.2, 0) is 110 Å². The van der Waals surface area contributed by atoms with Gasteiger partial charge in [-0.3, -0.25) is 0 Å². The van der Waals surface area contributed by atoms with Crippen molar-refractivity contribution in [2.75, 3.05) is 0 Å². The summed E-state index contributed by atoms with van der Waals surface area (Å²) < 4.78 is 6.30. The maximum Gasteiger partial charge on any atom is 0.124 e. The molecule has 0 N–H and O–H groups in total. The molecule has 4 radical (unpaired) electrons. The Morgan fingerprint density at radius 2 is 0.561 bits per heavy atom. The second-order valence-corrected chi connectivity index (χ2v) is 39.3. The quantitative estimate of drug-likeness (QED) is 0.0925. The molecule has 0 aliphatic rings. The number of aryl methyl sites for hydroxylation is 3. The molecule has 754 valence electrons. The summed E-state index contributed by atoms with van der Waals surface area (Å²) in [5, 5.41) is 2.30. The van der Waals surface area contributed by atoms with E-state index in [2.05, 4.69) is 379 Å². The largest absolute Gasteiger partial charge is 0.500 e. The molecule has 0 aliphatic carbocycles. The molecule has 0 fully saturated rings. The van der Waals surface area contributed by atoms with Gasteiger partial charge in [0.1, 0.15) is 5.58 Å². The monoisotopic (exact) mass is 2640 g/mol. The molecule has 0 amide bonds. The number of rotatable bonds is 15. The van der Waals surface area contributed by atoms with Gasteiger partial charge in [0, 0.05) is 135 Å². The first-order chi connectivity index (χ1) is 69.7. The van der Waals surface area contributed by atoms with Gasteiger partial charge in [0.15, 0.2) is 0 Å². The fourth-order valence-electron chi connectivity index (χ4n) is 15.8. The molecule has 0 atom stereocenters. The molecule has 0 aliphatic heterocycles. The van der Waals surface area contributed by atoms with Crippen molar-refractivity contribution < 1.29 is 84.8 Å². The molecule has 9 heterocycles. The zero-order chi connectivity index (χ0) is 101. The van der Waals surface area contributed by atoms with Gasteiger partial charge in [-0.1, -0.05) is 289 Å². The Morgan fingerprint density at radius 3 is 0.899 bits per heavy atom. The van der Waals surface area contributed by atoms with Gasteiger partial charge < -0.3 is 44.3 Å². The van der Waals surface area contributed by atoms with Crippen molar-refractivity contribution in [3.05, 3.63) is 519 Å². The van der Waals surface area contributed by atoms with Crippen molar-refractivity contribution in [3.8, 4) is 123 Å². The minimum atomic E-state index is 0. The second-order valence-electron chi connectivity index (χ2n) is 39.3. The molecule has 0 spiro atoms. The van der Waals surface area contributed by atoms with Crippen LogP contribution in [0, 0.1) is 81.1 Å². The van der Waals surface area contributed by atoms with Crippen LogP contribution in [0.4, 0.5) is 0 Å². The average Bonchev–Trinajstić information content (AvgIpc) is 1.59. The summed E-state index contributed by atoms with van der Waals surface area (Å²) in [6.07, 6.45) is 17.1. The fraction of sp³-hybridized carbons (Fsp3) is 0.170. The molecular weight excluding hydrogens is 2520 g/mol. The molecule has 0 unspecified atom stereocenters. The normalized spacial score (nSPS) is 10.7. The SMILES string of the molecule is CC(C)(C)c1ccnc(-c2[c-]ccc(-c3ccccc3)c2)c1.CC(C)(C)c1ccnc(-c2[c-]ccc(-c3ccccc3)c2)c1.CC(C)(C)c1ccnc(-c2[c-]cccc2)c1.CC(C)Cc1ccc(-c2[c-]cccc2)nc1.CC(C)Cc1cccc2c1oc1c(-c3ccccn3)[c-]ccc12.Cc1ccc(-c2[c-]ccc(-c3ccccc3)c2)nc1.Cc1ccc(-c2[c-]cccc2)nc1.Cc1ccc(-c2[c-]cccc2)nc1.[Ir].[Ir].[Ir].[Ir]. The van der Waals surface area contributed by atoms with Gasteiger partial charge in [0.05, 0.1) is 5.58 Å². The Balaban J connectivity index is 0.000000174.